The molecule has 0 saturated heterocycles. The number of thioether (sulfide) groups is 1. The molecule has 5 heteroatoms. The molecule has 1 rings (SSSR count). The Morgan fingerprint density at radius 1 is 1.75 bits per heavy atom. The van der Waals surface area contributed by atoms with Crippen LogP contribution in [0.2, 0.25) is 0 Å². The molecule has 12 heavy (non-hydrogen) atoms. The minimum atomic E-state index is 0.260. The highest BCUT2D eigenvalue weighted by molar-refractivity contribution is 7.99. The Morgan fingerprint density at radius 2 is 2.50 bits per heavy atom. The van der Waals surface area contributed by atoms with Gasteiger partial charge in [-0.15, -0.1) is 0 Å². The molecule has 1 aromatic heterocycles. The summed E-state index contributed by atoms with van der Waals surface area (Å²) < 4.78 is 0. The highest BCUT2D eigenvalue weighted by atomic mass is 32.2. The number of nitrogen functional groups attached to an aromatic ring is 1. The van der Waals surface area contributed by atoms with Crippen molar-refractivity contribution in [3.8, 4) is 0 Å². The van der Waals surface area contributed by atoms with Gasteiger partial charge in [-0.05, 0) is 5.75 Å². The van der Waals surface area contributed by atoms with Gasteiger partial charge in [0.05, 0.1) is 6.57 Å². The van der Waals surface area contributed by atoms with Crippen LogP contribution in [0.25, 0.3) is 4.85 Å². The van der Waals surface area contributed by atoms with Crippen LogP contribution in [0.4, 0.5) is 11.5 Å². The minimum absolute atomic E-state index is 0.260. The monoisotopic (exact) mass is 180 g/mol. The molecule has 0 saturated carbocycles. The third kappa shape index (κ3) is 1.86. The molecule has 0 aliphatic rings. The average molecular weight is 180 g/mol. The van der Waals surface area contributed by atoms with Crippen LogP contribution < -0.4 is 5.73 Å². The summed E-state index contributed by atoms with van der Waals surface area (Å²) in [5, 5.41) is 0.627. The zero-order valence-electron chi connectivity index (χ0n) is 6.61. The van der Waals surface area contributed by atoms with E-state index in [4.69, 9.17) is 12.3 Å². The van der Waals surface area contributed by atoms with E-state index in [-0.39, 0.29) is 5.82 Å². The van der Waals surface area contributed by atoms with Gasteiger partial charge in [0.15, 0.2) is 5.16 Å². The third-order valence-corrected chi connectivity index (χ3v) is 1.91. The number of rotatable bonds is 2. The SMILES string of the molecule is [C-]#[N+]c1cnc(SCC)nc1N. The Kier molecular flexibility index (Phi) is 2.88. The first-order valence-corrected chi connectivity index (χ1v) is 4.39. The number of hydrogen-bond acceptors (Lipinski definition) is 4. The number of nitrogens with two attached hydrogens (primary N) is 1. The van der Waals surface area contributed by atoms with E-state index in [1.165, 1.54) is 18.0 Å². The fourth-order valence-electron chi connectivity index (χ4n) is 0.656. The molecule has 0 spiro atoms. The van der Waals surface area contributed by atoms with Crippen molar-refractivity contribution >= 4 is 23.3 Å². The lowest BCUT2D eigenvalue weighted by atomic mass is 10.5. The van der Waals surface area contributed by atoms with Crippen molar-refractivity contribution in [2.75, 3.05) is 11.5 Å². The van der Waals surface area contributed by atoms with Gasteiger partial charge < -0.3 is 5.73 Å². The highest BCUT2D eigenvalue weighted by Gasteiger charge is 2.02. The van der Waals surface area contributed by atoms with E-state index in [0.717, 1.165) is 5.75 Å². The Hall–Kier alpha value is -1.28. The Morgan fingerprint density at radius 3 is 3.00 bits per heavy atom. The zero-order valence-corrected chi connectivity index (χ0v) is 7.43. The van der Waals surface area contributed by atoms with Crippen molar-refractivity contribution in [2.24, 2.45) is 0 Å². The first kappa shape index (κ1) is 8.81. The molecule has 62 valence electrons. The standard InChI is InChI=1S/C7H8N4S/c1-3-12-7-10-4-5(9-2)6(8)11-7/h4H,3H2,1H3,(H2,8,10,11). The van der Waals surface area contributed by atoms with E-state index in [1.54, 1.807) is 0 Å². The maximum Gasteiger partial charge on any atom is 0.245 e. The Bertz CT molecular complexity index is 318. The van der Waals surface area contributed by atoms with Crippen LogP contribution in [-0.4, -0.2) is 15.7 Å². The summed E-state index contributed by atoms with van der Waals surface area (Å²) in [6.45, 7) is 8.72. The first-order valence-electron chi connectivity index (χ1n) is 3.40. The predicted molar refractivity (Wildman–Crippen MR) is 49.1 cm³/mol. The zero-order chi connectivity index (χ0) is 8.97. The smallest absolute Gasteiger partial charge is 0.245 e. The van der Waals surface area contributed by atoms with Crippen molar-refractivity contribution < 1.29 is 0 Å². The van der Waals surface area contributed by atoms with Gasteiger partial charge in [0.25, 0.3) is 0 Å². The van der Waals surface area contributed by atoms with Crippen molar-refractivity contribution in [1.29, 1.82) is 0 Å². The van der Waals surface area contributed by atoms with Crippen LogP contribution in [0.1, 0.15) is 6.92 Å². The lowest BCUT2D eigenvalue weighted by Gasteiger charge is -1.98. The molecular weight excluding hydrogens is 172 g/mol. The van der Waals surface area contributed by atoms with E-state index in [2.05, 4.69) is 14.8 Å². The molecule has 0 bridgehead atoms. The molecule has 0 radical (unpaired) electrons. The van der Waals surface area contributed by atoms with Gasteiger partial charge in [-0.25, -0.2) is 14.8 Å². The summed E-state index contributed by atoms with van der Waals surface area (Å²) in [6, 6.07) is 0. The van der Waals surface area contributed by atoms with Crippen LogP contribution >= 0.6 is 11.8 Å². The minimum Gasteiger partial charge on any atom is -0.392 e. The maximum absolute atomic E-state index is 6.72. The van der Waals surface area contributed by atoms with Gasteiger partial charge in [0.1, 0.15) is 5.82 Å². The van der Waals surface area contributed by atoms with E-state index in [9.17, 15) is 0 Å². The molecular formula is C7H8N4S. The lowest BCUT2D eigenvalue weighted by molar-refractivity contribution is 0.982. The average Bonchev–Trinajstić information content (AvgIpc) is 2.05. The van der Waals surface area contributed by atoms with Gasteiger partial charge in [-0.1, -0.05) is 18.7 Å². The Balaban J connectivity index is 2.96. The molecule has 0 atom stereocenters. The number of nitrogens with zero attached hydrogens (tertiary/aromatic N) is 3. The summed E-state index contributed by atoms with van der Waals surface area (Å²) in [5.41, 5.74) is 5.80. The predicted octanol–water partition coefficient (Wildman–Crippen LogP) is 1.72. The van der Waals surface area contributed by atoms with Gasteiger partial charge in [0.2, 0.25) is 5.69 Å². The molecule has 1 aromatic rings. The molecule has 0 unspecified atom stereocenters. The van der Waals surface area contributed by atoms with Crippen molar-refractivity contribution in [3.63, 3.8) is 0 Å². The van der Waals surface area contributed by atoms with E-state index >= 15 is 0 Å². The van der Waals surface area contributed by atoms with E-state index in [1.807, 2.05) is 6.92 Å². The lowest BCUT2D eigenvalue weighted by Crippen LogP contribution is -1.94. The number of anilines is 1. The van der Waals surface area contributed by atoms with Crippen molar-refractivity contribution in [2.45, 2.75) is 12.1 Å². The molecule has 0 amide bonds. The maximum atomic E-state index is 6.72. The molecule has 4 nitrogen and oxygen atoms in total. The van der Waals surface area contributed by atoms with Gasteiger partial charge in [-0.3, -0.25) is 0 Å². The highest BCUT2D eigenvalue weighted by Crippen LogP contribution is 2.21. The number of aromatic nitrogens is 2. The van der Waals surface area contributed by atoms with E-state index < -0.39 is 0 Å². The van der Waals surface area contributed by atoms with Gasteiger partial charge in [0, 0.05) is 6.20 Å². The van der Waals surface area contributed by atoms with E-state index in [0.29, 0.717) is 10.8 Å². The summed E-state index contributed by atoms with van der Waals surface area (Å²) in [6.07, 6.45) is 1.45. The molecule has 0 fully saturated rings. The summed E-state index contributed by atoms with van der Waals surface area (Å²) in [5.74, 6) is 1.16. The van der Waals surface area contributed by atoms with Crippen LogP contribution in [0.5, 0.6) is 0 Å². The summed E-state index contributed by atoms with van der Waals surface area (Å²) in [4.78, 5) is 11.1. The van der Waals surface area contributed by atoms with Crippen LogP contribution in [-0.2, 0) is 0 Å². The normalized spacial score (nSPS) is 9.33. The van der Waals surface area contributed by atoms with Crippen LogP contribution in [0.15, 0.2) is 11.4 Å². The van der Waals surface area contributed by atoms with Crippen LogP contribution in [0, 0.1) is 6.57 Å². The fourth-order valence-corrected chi connectivity index (χ4v) is 1.20. The second-order valence-corrected chi connectivity index (χ2v) is 3.20. The molecule has 0 aromatic carbocycles. The number of hydrogen-bond donors (Lipinski definition) is 1. The Labute approximate surface area is 75.0 Å². The van der Waals surface area contributed by atoms with Crippen molar-refractivity contribution in [1.82, 2.24) is 9.97 Å². The molecule has 0 aliphatic heterocycles. The summed E-state index contributed by atoms with van der Waals surface area (Å²) >= 11 is 1.50. The first-order chi connectivity index (χ1) is 5.77. The van der Waals surface area contributed by atoms with Gasteiger partial charge in [-0.2, -0.15) is 0 Å². The quantitative estimate of drug-likeness (QED) is 0.427. The second kappa shape index (κ2) is 3.93. The fraction of sp³-hybridized carbons (Fsp3) is 0.286. The molecule has 1 heterocycles. The second-order valence-electron chi connectivity index (χ2n) is 1.97. The van der Waals surface area contributed by atoms with Crippen LogP contribution in [0.3, 0.4) is 0 Å². The van der Waals surface area contributed by atoms with Gasteiger partial charge >= 0.3 is 0 Å². The molecule has 2 N–H and O–H groups in total. The van der Waals surface area contributed by atoms with Crippen molar-refractivity contribution in [3.05, 3.63) is 17.6 Å². The third-order valence-electron chi connectivity index (χ3n) is 1.17. The largest absolute Gasteiger partial charge is 0.392 e. The molecule has 0 aliphatic carbocycles. The summed E-state index contributed by atoms with van der Waals surface area (Å²) in [7, 11) is 0. The topological polar surface area (TPSA) is 56.2 Å².